The number of aryl methyl sites for hydroxylation is 2. The summed E-state index contributed by atoms with van der Waals surface area (Å²) in [6.45, 7) is 7.55. The van der Waals surface area contributed by atoms with E-state index in [1.807, 2.05) is 42.0 Å². The average molecular weight is 408 g/mol. The average Bonchev–Trinajstić information content (AvgIpc) is 3.13. The molecule has 3 rings (SSSR count). The highest BCUT2D eigenvalue weighted by molar-refractivity contribution is 7.99. The lowest BCUT2D eigenvalue weighted by Gasteiger charge is -2.13. The molecule has 0 aliphatic rings. The van der Waals surface area contributed by atoms with E-state index in [1.165, 1.54) is 29.8 Å². The van der Waals surface area contributed by atoms with Gasteiger partial charge in [0.15, 0.2) is 10.9 Å². The van der Waals surface area contributed by atoms with Gasteiger partial charge in [-0.15, -0.1) is 0 Å². The fraction of sp³-hybridized carbons (Fsp3) is 0.261. The number of carbonyl (C=O) groups is 2. The Morgan fingerprint density at radius 1 is 1.10 bits per heavy atom. The number of nitrogens with zero attached hydrogens (tertiary/aromatic N) is 2. The lowest BCUT2D eigenvalue weighted by molar-refractivity contribution is -0.119. The Labute approximate surface area is 175 Å². The molecule has 150 valence electrons. The van der Waals surface area contributed by atoms with Crippen LogP contribution in [0.5, 0.6) is 0 Å². The summed E-state index contributed by atoms with van der Waals surface area (Å²) in [6.07, 6.45) is 3.67. The normalized spacial score (nSPS) is 11.9. The Hall–Kier alpha value is -2.86. The van der Waals surface area contributed by atoms with Crippen molar-refractivity contribution in [1.29, 1.82) is 0 Å². The first kappa shape index (κ1) is 20.9. The van der Waals surface area contributed by atoms with Crippen molar-refractivity contribution in [1.82, 2.24) is 14.9 Å². The molecule has 1 N–H and O–H groups in total. The molecule has 2 aromatic carbocycles. The molecule has 0 fully saturated rings. The zero-order chi connectivity index (χ0) is 21.0. The molecule has 0 aliphatic heterocycles. The van der Waals surface area contributed by atoms with Crippen LogP contribution in [-0.2, 0) is 4.79 Å². The van der Waals surface area contributed by atoms with Gasteiger partial charge in [0, 0.05) is 30.6 Å². The quantitative estimate of drug-likeness (QED) is 0.457. The van der Waals surface area contributed by atoms with Crippen LogP contribution in [0.3, 0.4) is 0 Å². The predicted octanol–water partition coefficient (Wildman–Crippen LogP) is 4.66. The maximum atomic E-state index is 12.6. The van der Waals surface area contributed by atoms with Gasteiger partial charge in [0.05, 0.1) is 11.8 Å². The summed E-state index contributed by atoms with van der Waals surface area (Å²) in [4.78, 5) is 28.2. The minimum atomic E-state index is -0.0868. The maximum Gasteiger partial charge on any atom is 0.217 e. The highest BCUT2D eigenvalue weighted by atomic mass is 32.2. The zero-order valence-electron chi connectivity index (χ0n) is 17.1. The van der Waals surface area contributed by atoms with Crippen LogP contribution in [0, 0.1) is 13.8 Å². The molecule has 0 saturated carbocycles. The molecule has 3 aromatic rings. The molecule has 29 heavy (non-hydrogen) atoms. The number of amides is 1. The Balaban J connectivity index is 1.67. The number of benzene rings is 2. The van der Waals surface area contributed by atoms with Crippen molar-refractivity contribution >= 4 is 23.5 Å². The molecular weight excluding hydrogens is 382 g/mol. The molecule has 0 bridgehead atoms. The van der Waals surface area contributed by atoms with Crippen LogP contribution in [0.2, 0.25) is 0 Å². The molecule has 1 atom stereocenters. The van der Waals surface area contributed by atoms with Crippen molar-refractivity contribution in [3.05, 3.63) is 77.1 Å². The summed E-state index contributed by atoms with van der Waals surface area (Å²) >= 11 is 1.43. The van der Waals surface area contributed by atoms with E-state index in [2.05, 4.69) is 42.3 Å². The van der Waals surface area contributed by atoms with Gasteiger partial charge >= 0.3 is 0 Å². The van der Waals surface area contributed by atoms with Gasteiger partial charge in [-0.1, -0.05) is 42.1 Å². The van der Waals surface area contributed by atoms with Crippen molar-refractivity contribution in [3.8, 4) is 5.69 Å². The van der Waals surface area contributed by atoms with E-state index in [0.29, 0.717) is 11.3 Å². The molecule has 1 amide bonds. The maximum absolute atomic E-state index is 12.6. The molecule has 0 unspecified atom stereocenters. The van der Waals surface area contributed by atoms with Crippen molar-refractivity contribution in [2.24, 2.45) is 0 Å². The van der Waals surface area contributed by atoms with Crippen LogP contribution in [0.4, 0.5) is 0 Å². The van der Waals surface area contributed by atoms with Crippen molar-refractivity contribution < 1.29 is 9.59 Å². The first-order valence-electron chi connectivity index (χ1n) is 9.48. The van der Waals surface area contributed by atoms with Gasteiger partial charge in [-0.2, -0.15) is 0 Å². The van der Waals surface area contributed by atoms with Crippen molar-refractivity contribution in [2.75, 3.05) is 5.75 Å². The Morgan fingerprint density at radius 2 is 1.76 bits per heavy atom. The molecule has 0 spiro atoms. The topological polar surface area (TPSA) is 64.0 Å². The molecule has 5 nitrogen and oxygen atoms in total. The number of aromatic nitrogens is 2. The summed E-state index contributed by atoms with van der Waals surface area (Å²) in [5.41, 5.74) is 5.05. The molecular formula is C23H25N3O2S. The second kappa shape index (κ2) is 9.09. The minimum Gasteiger partial charge on any atom is -0.350 e. The third-order valence-electron chi connectivity index (χ3n) is 4.58. The number of nitrogens with one attached hydrogen (secondary N) is 1. The number of hydrogen-bond donors (Lipinski definition) is 1. The number of imidazole rings is 1. The predicted molar refractivity (Wildman–Crippen MR) is 117 cm³/mol. The molecule has 0 radical (unpaired) electrons. The fourth-order valence-electron chi connectivity index (χ4n) is 3.24. The third-order valence-corrected chi connectivity index (χ3v) is 5.54. The van der Waals surface area contributed by atoms with Gasteiger partial charge in [-0.05, 0) is 49.6 Å². The second-order valence-corrected chi connectivity index (χ2v) is 8.12. The van der Waals surface area contributed by atoms with Crippen LogP contribution in [0.25, 0.3) is 5.69 Å². The van der Waals surface area contributed by atoms with Crippen LogP contribution >= 0.6 is 11.8 Å². The van der Waals surface area contributed by atoms with Gasteiger partial charge < -0.3 is 5.32 Å². The van der Waals surface area contributed by atoms with Crippen LogP contribution < -0.4 is 5.32 Å². The van der Waals surface area contributed by atoms with Gasteiger partial charge in [-0.25, -0.2) is 4.98 Å². The number of hydrogen-bond acceptors (Lipinski definition) is 4. The van der Waals surface area contributed by atoms with Gasteiger partial charge in [-0.3, -0.25) is 14.2 Å². The second-order valence-electron chi connectivity index (χ2n) is 7.18. The van der Waals surface area contributed by atoms with Gasteiger partial charge in [0.1, 0.15) is 0 Å². The van der Waals surface area contributed by atoms with E-state index in [1.54, 1.807) is 6.20 Å². The van der Waals surface area contributed by atoms with Gasteiger partial charge in [0.2, 0.25) is 5.91 Å². The number of ketones is 1. The Bertz CT molecular complexity index is 1000. The van der Waals surface area contributed by atoms with Crippen LogP contribution in [0.1, 0.15) is 46.9 Å². The Kier molecular flexibility index (Phi) is 6.54. The number of Topliss-reactive ketones (excluding diaryl/α,β-unsaturated/α-hetero) is 1. The molecule has 1 heterocycles. The lowest BCUT2D eigenvalue weighted by Crippen LogP contribution is -2.23. The van der Waals surface area contributed by atoms with E-state index in [9.17, 15) is 9.59 Å². The largest absolute Gasteiger partial charge is 0.350 e. The van der Waals surface area contributed by atoms with Gasteiger partial charge in [0.25, 0.3) is 0 Å². The first-order valence-corrected chi connectivity index (χ1v) is 10.5. The minimum absolute atomic E-state index is 0.0451. The van der Waals surface area contributed by atoms with Crippen molar-refractivity contribution in [3.63, 3.8) is 0 Å². The first-order chi connectivity index (χ1) is 13.8. The van der Waals surface area contributed by atoms with E-state index in [0.717, 1.165) is 16.4 Å². The summed E-state index contributed by atoms with van der Waals surface area (Å²) < 4.78 is 2.01. The number of thioether (sulfide) groups is 1. The summed E-state index contributed by atoms with van der Waals surface area (Å²) in [7, 11) is 0. The SMILES string of the molecule is CC(=O)N[C@@H](C)c1ccc(C(=O)CSc2nccn2-c2cc(C)cc(C)c2)cc1. The van der Waals surface area contributed by atoms with E-state index in [4.69, 9.17) is 0 Å². The molecule has 0 saturated heterocycles. The van der Waals surface area contributed by atoms with Crippen molar-refractivity contribution in [2.45, 2.75) is 38.9 Å². The summed E-state index contributed by atoms with van der Waals surface area (Å²) in [6, 6.07) is 13.7. The summed E-state index contributed by atoms with van der Waals surface area (Å²) in [5, 5.41) is 3.63. The number of rotatable bonds is 7. The van der Waals surface area contributed by atoms with Crippen LogP contribution in [-0.4, -0.2) is 27.0 Å². The van der Waals surface area contributed by atoms with E-state index < -0.39 is 0 Å². The standard InChI is InChI=1S/C23H25N3O2S/c1-15-11-16(2)13-21(12-15)26-10-9-24-23(26)29-14-22(28)20-7-5-19(6-8-20)17(3)25-18(4)27/h5-13,17H,14H2,1-4H3,(H,25,27)/t17-/m0/s1. The smallest absolute Gasteiger partial charge is 0.217 e. The molecule has 0 aliphatic carbocycles. The molecule has 6 heteroatoms. The highest BCUT2D eigenvalue weighted by Gasteiger charge is 2.13. The monoisotopic (exact) mass is 407 g/mol. The third kappa shape index (κ3) is 5.35. The molecule has 1 aromatic heterocycles. The Morgan fingerprint density at radius 3 is 2.38 bits per heavy atom. The summed E-state index contributed by atoms with van der Waals surface area (Å²) in [5.74, 6) is 0.277. The van der Waals surface area contributed by atoms with Crippen LogP contribution in [0.15, 0.2) is 60.0 Å². The van der Waals surface area contributed by atoms with E-state index >= 15 is 0 Å². The van der Waals surface area contributed by atoms with E-state index in [-0.39, 0.29) is 17.7 Å². The zero-order valence-corrected chi connectivity index (χ0v) is 17.9. The fourth-order valence-corrected chi connectivity index (χ4v) is 4.11. The highest BCUT2D eigenvalue weighted by Crippen LogP contribution is 2.23. The lowest BCUT2D eigenvalue weighted by atomic mass is 10.0. The number of carbonyl (C=O) groups excluding carboxylic acids is 2.